The Balaban J connectivity index is 1.24. The van der Waals surface area contributed by atoms with Gasteiger partial charge in [-0.15, -0.1) is 0 Å². The summed E-state index contributed by atoms with van der Waals surface area (Å²) >= 11 is 1.61. The Morgan fingerprint density at radius 1 is 0.971 bits per heavy atom. The molecule has 6 nitrogen and oxygen atoms in total. The number of benzene rings is 2. The van der Waals surface area contributed by atoms with Crippen molar-refractivity contribution in [1.82, 2.24) is 14.9 Å². The number of aromatic nitrogens is 2. The molecule has 0 N–H and O–H groups in total. The maximum atomic E-state index is 14.2. The minimum Gasteiger partial charge on any atom is -0.366 e. The maximum Gasteiger partial charge on any atom is 0.227 e. The molecule has 182 valence electrons. The van der Waals surface area contributed by atoms with Crippen LogP contribution in [0.15, 0.2) is 70.8 Å². The van der Waals surface area contributed by atoms with Crippen LogP contribution >= 0.6 is 11.8 Å². The van der Waals surface area contributed by atoms with Gasteiger partial charge in [-0.05, 0) is 44.0 Å². The lowest BCUT2D eigenvalue weighted by Gasteiger charge is -2.40. The van der Waals surface area contributed by atoms with Gasteiger partial charge in [0.25, 0.3) is 0 Å². The number of piperazine rings is 1. The molecule has 0 saturated carbocycles. The smallest absolute Gasteiger partial charge is 0.227 e. The van der Waals surface area contributed by atoms with Crippen LogP contribution in [0.2, 0.25) is 0 Å². The number of para-hydroxylation sites is 1. The molecule has 8 heteroatoms. The van der Waals surface area contributed by atoms with E-state index >= 15 is 0 Å². The zero-order chi connectivity index (χ0) is 24.2. The van der Waals surface area contributed by atoms with Crippen LogP contribution in [0.4, 0.5) is 15.9 Å². The number of nitrogens with zero attached hydrogens (tertiary/aromatic N) is 5. The highest BCUT2D eigenvalue weighted by atomic mass is 32.2. The molecule has 2 aliphatic rings. The van der Waals surface area contributed by atoms with Crippen molar-refractivity contribution in [2.24, 2.45) is 5.92 Å². The molecule has 5 rings (SSSR count). The summed E-state index contributed by atoms with van der Waals surface area (Å²) in [4.78, 5) is 30.0. The summed E-state index contributed by atoms with van der Waals surface area (Å²) in [6.07, 6.45) is 5.27. The van der Waals surface area contributed by atoms with Crippen LogP contribution in [0.25, 0.3) is 0 Å². The Labute approximate surface area is 210 Å². The number of carbonyl (C=O) groups excluding carboxylic acids is 1. The molecule has 1 aromatic heterocycles. The quantitative estimate of drug-likeness (QED) is 0.518. The van der Waals surface area contributed by atoms with E-state index in [0.717, 1.165) is 35.1 Å². The number of rotatable bonds is 5. The number of hydrogen-bond acceptors (Lipinski definition) is 6. The Kier molecular flexibility index (Phi) is 7.18. The zero-order valence-corrected chi connectivity index (χ0v) is 20.8. The maximum absolute atomic E-state index is 14.2. The summed E-state index contributed by atoms with van der Waals surface area (Å²) in [5.41, 5.74) is 1.82. The van der Waals surface area contributed by atoms with Crippen molar-refractivity contribution in [3.8, 4) is 0 Å². The molecular weight excluding hydrogens is 461 g/mol. The largest absolute Gasteiger partial charge is 0.366 e. The highest BCUT2D eigenvalue weighted by Gasteiger charge is 2.32. The molecule has 1 amide bonds. The van der Waals surface area contributed by atoms with Gasteiger partial charge in [-0.25, -0.2) is 14.4 Å². The first-order chi connectivity index (χ1) is 17.1. The first kappa shape index (κ1) is 23.6. The van der Waals surface area contributed by atoms with Crippen LogP contribution in [0.3, 0.4) is 0 Å². The summed E-state index contributed by atoms with van der Waals surface area (Å²) < 4.78 is 14.2. The Morgan fingerprint density at radius 3 is 2.57 bits per heavy atom. The molecule has 0 radical (unpaired) electrons. The minimum atomic E-state index is -0.210. The number of carbonyl (C=O) groups is 1. The molecular formula is C27H30FN5OS. The van der Waals surface area contributed by atoms with Crippen molar-refractivity contribution >= 4 is 29.2 Å². The number of aryl methyl sites for hydroxylation is 1. The SMILES string of the molecule is Cc1cccc(Sc2nccnc2N2CCC[C@H](C(=O)N3CCN(c4ccccc4F)CC3)C2)c1. The monoisotopic (exact) mass is 491 g/mol. The molecule has 2 aliphatic heterocycles. The van der Waals surface area contributed by atoms with Gasteiger partial charge in [0, 0.05) is 56.6 Å². The first-order valence-corrected chi connectivity index (χ1v) is 13.0. The third-order valence-corrected chi connectivity index (χ3v) is 7.68. The predicted molar refractivity (Wildman–Crippen MR) is 137 cm³/mol. The molecule has 2 fully saturated rings. The molecule has 0 bridgehead atoms. The summed E-state index contributed by atoms with van der Waals surface area (Å²) in [6, 6.07) is 15.2. The molecule has 0 unspecified atom stereocenters. The predicted octanol–water partition coefficient (Wildman–Crippen LogP) is 4.64. The van der Waals surface area contributed by atoms with Crippen LogP contribution in [0.5, 0.6) is 0 Å². The molecule has 2 saturated heterocycles. The van der Waals surface area contributed by atoms with Crippen LogP contribution in [-0.2, 0) is 4.79 Å². The third-order valence-electron chi connectivity index (χ3n) is 6.71. The van der Waals surface area contributed by atoms with Gasteiger partial charge in [0.1, 0.15) is 10.8 Å². The first-order valence-electron chi connectivity index (χ1n) is 12.2. The van der Waals surface area contributed by atoms with Crippen molar-refractivity contribution < 1.29 is 9.18 Å². The van der Waals surface area contributed by atoms with Gasteiger partial charge in [-0.3, -0.25) is 4.79 Å². The van der Waals surface area contributed by atoms with E-state index in [9.17, 15) is 9.18 Å². The summed E-state index contributed by atoms with van der Waals surface area (Å²) in [7, 11) is 0. The van der Waals surface area contributed by atoms with Gasteiger partial charge < -0.3 is 14.7 Å². The van der Waals surface area contributed by atoms with Crippen molar-refractivity contribution in [3.63, 3.8) is 0 Å². The summed E-state index contributed by atoms with van der Waals surface area (Å²) in [5.74, 6) is 0.765. The van der Waals surface area contributed by atoms with Gasteiger partial charge in [0.15, 0.2) is 5.82 Å². The standard InChI is InChI=1S/C27H30FN5OS/c1-20-6-4-8-22(18-20)35-26-25(29-11-12-30-26)33-13-5-7-21(19-33)27(34)32-16-14-31(15-17-32)24-10-3-2-9-23(24)28/h2-4,6,8-12,18,21H,5,7,13-17,19H2,1H3/t21-/m0/s1. The number of hydrogen-bond donors (Lipinski definition) is 0. The average molecular weight is 492 g/mol. The Bertz CT molecular complexity index is 1180. The molecule has 3 heterocycles. The fourth-order valence-electron chi connectivity index (χ4n) is 4.90. The van der Waals surface area contributed by atoms with Crippen molar-refractivity contribution in [1.29, 1.82) is 0 Å². The van der Waals surface area contributed by atoms with Crippen LogP contribution < -0.4 is 9.80 Å². The van der Waals surface area contributed by atoms with E-state index in [-0.39, 0.29) is 17.6 Å². The lowest BCUT2D eigenvalue weighted by atomic mass is 9.96. The summed E-state index contributed by atoms with van der Waals surface area (Å²) in [5, 5.41) is 0.865. The van der Waals surface area contributed by atoms with E-state index in [1.165, 1.54) is 11.6 Å². The molecule has 1 atom stereocenters. The minimum absolute atomic E-state index is 0.0670. The second-order valence-corrected chi connectivity index (χ2v) is 10.2. The highest BCUT2D eigenvalue weighted by molar-refractivity contribution is 7.99. The topological polar surface area (TPSA) is 52.6 Å². The molecule has 0 aliphatic carbocycles. The van der Waals surface area contributed by atoms with E-state index in [4.69, 9.17) is 0 Å². The Hall–Kier alpha value is -3.13. The van der Waals surface area contributed by atoms with E-state index in [2.05, 4.69) is 46.1 Å². The summed E-state index contributed by atoms with van der Waals surface area (Å²) in [6.45, 7) is 6.11. The Morgan fingerprint density at radius 2 is 1.77 bits per heavy atom. The van der Waals surface area contributed by atoms with Crippen molar-refractivity contribution in [2.75, 3.05) is 49.1 Å². The van der Waals surface area contributed by atoms with Crippen LogP contribution in [-0.4, -0.2) is 60.0 Å². The second-order valence-electron chi connectivity index (χ2n) is 9.15. The third kappa shape index (κ3) is 5.42. The molecule has 2 aromatic carbocycles. The normalized spacial score (nSPS) is 18.6. The fraction of sp³-hybridized carbons (Fsp3) is 0.370. The fourth-order valence-corrected chi connectivity index (χ4v) is 5.90. The number of amides is 1. The van der Waals surface area contributed by atoms with Gasteiger partial charge in [0.05, 0.1) is 11.6 Å². The van der Waals surface area contributed by atoms with E-state index in [1.54, 1.807) is 36.3 Å². The average Bonchev–Trinajstić information content (AvgIpc) is 2.89. The van der Waals surface area contributed by atoms with E-state index in [0.29, 0.717) is 38.4 Å². The number of piperidine rings is 1. The van der Waals surface area contributed by atoms with Gasteiger partial charge in [-0.1, -0.05) is 41.6 Å². The van der Waals surface area contributed by atoms with Gasteiger partial charge in [-0.2, -0.15) is 0 Å². The number of halogens is 1. The highest BCUT2D eigenvalue weighted by Crippen LogP contribution is 2.34. The van der Waals surface area contributed by atoms with Crippen LogP contribution in [0.1, 0.15) is 18.4 Å². The lowest BCUT2D eigenvalue weighted by Crippen LogP contribution is -2.53. The molecule has 3 aromatic rings. The van der Waals surface area contributed by atoms with E-state index < -0.39 is 0 Å². The van der Waals surface area contributed by atoms with Crippen LogP contribution in [0, 0.1) is 18.7 Å². The van der Waals surface area contributed by atoms with Gasteiger partial charge >= 0.3 is 0 Å². The van der Waals surface area contributed by atoms with Crippen molar-refractivity contribution in [3.05, 3.63) is 72.3 Å². The lowest BCUT2D eigenvalue weighted by molar-refractivity contribution is -0.136. The molecule has 35 heavy (non-hydrogen) atoms. The van der Waals surface area contributed by atoms with Crippen molar-refractivity contribution in [2.45, 2.75) is 29.7 Å². The van der Waals surface area contributed by atoms with Gasteiger partial charge in [0.2, 0.25) is 5.91 Å². The van der Waals surface area contributed by atoms with E-state index in [1.807, 2.05) is 15.9 Å². The second kappa shape index (κ2) is 10.6. The molecule has 0 spiro atoms. The number of anilines is 2. The zero-order valence-electron chi connectivity index (χ0n) is 19.9.